The van der Waals surface area contributed by atoms with Crippen molar-refractivity contribution in [2.24, 2.45) is 0 Å². The number of hydrogen-bond donors (Lipinski definition) is 2. The molecule has 172 valence electrons. The maximum absolute atomic E-state index is 13.1. The van der Waals surface area contributed by atoms with Crippen molar-refractivity contribution in [2.45, 2.75) is 13.5 Å². The van der Waals surface area contributed by atoms with E-state index in [1.165, 1.54) is 18.2 Å². The second-order valence-electron chi connectivity index (χ2n) is 7.75. The molecule has 0 bridgehead atoms. The Hall–Kier alpha value is -4.46. The van der Waals surface area contributed by atoms with Gasteiger partial charge in [-0.3, -0.25) is 9.59 Å². The quantitative estimate of drug-likeness (QED) is 0.409. The van der Waals surface area contributed by atoms with Crippen LogP contribution in [0.3, 0.4) is 0 Å². The van der Waals surface area contributed by atoms with E-state index in [-0.39, 0.29) is 18.1 Å². The highest BCUT2D eigenvalue weighted by atomic mass is 19.1. The largest absolute Gasteiger partial charge is 0.488 e. The number of para-hydroxylation sites is 1. The van der Waals surface area contributed by atoms with Crippen molar-refractivity contribution in [3.05, 3.63) is 101 Å². The predicted molar refractivity (Wildman–Crippen MR) is 125 cm³/mol. The van der Waals surface area contributed by atoms with Crippen LogP contribution >= 0.6 is 0 Å². The van der Waals surface area contributed by atoms with E-state index in [1.807, 2.05) is 13.0 Å². The molecular formula is C26H22FN3O4. The summed E-state index contributed by atoms with van der Waals surface area (Å²) in [7, 11) is 0. The van der Waals surface area contributed by atoms with E-state index in [0.717, 1.165) is 16.0 Å². The van der Waals surface area contributed by atoms with E-state index in [1.54, 1.807) is 54.6 Å². The van der Waals surface area contributed by atoms with Crippen LogP contribution in [0.25, 0.3) is 6.08 Å². The molecule has 2 N–H and O–H groups in total. The minimum absolute atomic E-state index is 0.0335. The average Bonchev–Trinajstić information content (AvgIpc) is 3.07. The van der Waals surface area contributed by atoms with Gasteiger partial charge in [-0.25, -0.2) is 14.1 Å². The molecule has 1 saturated heterocycles. The first-order valence-electron chi connectivity index (χ1n) is 10.6. The van der Waals surface area contributed by atoms with Gasteiger partial charge in [-0.05, 0) is 54.5 Å². The first-order valence-corrected chi connectivity index (χ1v) is 10.6. The lowest BCUT2D eigenvalue weighted by Gasteiger charge is -2.12. The van der Waals surface area contributed by atoms with Crippen molar-refractivity contribution in [1.82, 2.24) is 10.2 Å². The van der Waals surface area contributed by atoms with E-state index in [2.05, 4.69) is 10.6 Å². The maximum Gasteiger partial charge on any atom is 0.329 e. The maximum atomic E-state index is 13.1. The molecule has 0 aliphatic carbocycles. The van der Waals surface area contributed by atoms with Gasteiger partial charge in [0, 0.05) is 11.3 Å². The Morgan fingerprint density at radius 3 is 2.59 bits per heavy atom. The van der Waals surface area contributed by atoms with Gasteiger partial charge in [-0.2, -0.15) is 0 Å². The van der Waals surface area contributed by atoms with Gasteiger partial charge in [-0.1, -0.05) is 42.5 Å². The zero-order valence-electron chi connectivity index (χ0n) is 18.4. The molecule has 0 spiro atoms. The summed E-state index contributed by atoms with van der Waals surface area (Å²) in [6.45, 7) is 1.68. The number of anilines is 1. The Labute approximate surface area is 195 Å². The topological polar surface area (TPSA) is 87.7 Å². The predicted octanol–water partition coefficient (Wildman–Crippen LogP) is 4.24. The smallest absolute Gasteiger partial charge is 0.329 e. The molecule has 0 unspecified atom stereocenters. The van der Waals surface area contributed by atoms with Gasteiger partial charge in [0.1, 0.15) is 30.4 Å². The standard InChI is InChI=1S/C26H22FN3O4/c1-17-5-4-7-21(13-17)28-24(31)15-30-25(32)22(29-26(30)33)14-19-6-2-3-8-23(19)34-16-18-9-11-20(27)12-10-18/h2-14H,15-16H2,1H3,(H,28,31)(H,29,33)/b22-14+. The van der Waals surface area contributed by atoms with Crippen molar-refractivity contribution in [2.75, 3.05) is 11.9 Å². The number of carbonyl (C=O) groups excluding carboxylic acids is 3. The van der Waals surface area contributed by atoms with Gasteiger partial charge in [0.2, 0.25) is 5.91 Å². The molecule has 34 heavy (non-hydrogen) atoms. The Balaban J connectivity index is 1.44. The van der Waals surface area contributed by atoms with Crippen LogP contribution in [0.2, 0.25) is 0 Å². The van der Waals surface area contributed by atoms with Crippen LogP contribution in [0.5, 0.6) is 5.75 Å². The summed E-state index contributed by atoms with van der Waals surface area (Å²) in [5, 5.41) is 5.19. The minimum atomic E-state index is -0.680. The summed E-state index contributed by atoms with van der Waals surface area (Å²) >= 11 is 0. The van der Waals surface area contributed by atoms with E-state index >= 15 is 0 Å². The summed E-state index contributed by atoms with van der Waals surface area (Å²) in [4.78, 5) is 38.4. The lowest BCUT2D eigenvalue weighted by Crippen LogP contribution is -2.38. The van der Waals surface area contributed by atoms with E-state index in [4.69, 9.17) is 4.74 Å². The number of carbonyl (C=O) groups is 3. The Morgan fingerprint density at radius 2 is 1.82 bits per heavy atom. The molecule has 0 aromatic heterocycles. The van der Waals surface area contributed by atoms with Gasteiger partial charge in [0.25, 0.3) is 5.91 Å². The van der Waals surface area contributed by atoms with Crippen LogP contribution in [-0.2, 0) is 16.2 Å². The summed E-state index contributed by atoms with van der Waals surface area (Å²) < 4.78 is 18.9. The molecule has 4 amide bonds. The molecule has 7 nitrogen and oxygen atoms in total. The number of amides is 4. The summed E-state index contributed by atoms with van der Waals surface area (Å²) in [5.41, 5.74) is 2.93. The first kappa shape index (κ1) is 22.7. The number of imide groups is 1. The van der Waals surface area contributed by atoms with E-state index in [9.17, 15) is 18.8 Å². The lowest BCUT2D eigenvalue weighted by atomic mass is 10.1. The van der Waals surface area contributed by atoms with Gasteiger partial charge in [0.15, 0.2) is 0 Å². The molecule has 1 aliphatic heterocycles. The zero-order chi connectivity index (χ0) is 24.1. The summed E-state index contributed by atoms with van der Waals surface area (Å²) in [6.07, 6.45) is 1.50. The highest BCUT2D eigenvalue weighted by Gasteiger charge is 2.35. The zero-order valence-corrected chi connectivity index (χ0v) is 18.4. The van der Waals surface area contributed by atoms with E-state index in [0.29, 0.717) is 17.0 Å². The van der Waals surface area contributed by atoms with Crippen LogP contribution in [0, 0.1) is 12.7 Å². The molecule has 0 saturated carbocycles. The number of nitrogens with zero attached hydrogens (tertiary/aromatic N) is 1. The number of aryl methyl sites for hydroxylation is 1. The van der Waals surface area contributed by atoms with Crippen LogP contribution < -0.4 is 15.4 Å². The molecule has 8 heteroatoms. The van der Waals surface area contributed by atoms with Gasteiger partial charge >= 0.3 is 6.03 Å². The van der Waals surface area contributed by atoms with Crippen LogP contribution in [0.15, 0.2) is 78.5 Å². The molecule has 1 fully saturated rings. The Kier molecular flexibility index (Phi) is 6.68. The first-order chi connectivity index (χ1) is 16.4. The van der Waals surface area contributed by atoms with Crippen LogP contribution in [0.1, 0.15) is 16.7 Å². The summed E-state index contributed by atoms with van der Waals surface area (Å²) in [6, 6.07) is 19.5. The van der Waals surface area contributed by atoms with Gasteiger partial charge in [0.05, 0.1) is 0 Å². The number of halogens is 1. The molecule has 0 radical (unpaired) electrons. The molecule has 3 aromatic carbocycles. The molecule has 0 atom stereocenters. The molecule has 4 rings (SSSR count). The average molecular weight is 459 g/mol. The second-order valence-corrected chi connectivity index (χ2v) is 7.75. The van der Waals surface area contributed by atoms with Crippen LogP contribution in [-0.4, -0.2) is 29.3 Å². The van der Waals surface area contributed by atoms with Crippen molar-refractivity contribution in [1.29, 1.82) is 0 Å². The number of ether oxygens (including phenoxy) is 1. The minimum Gasteiger partial charge on any atom is -0.488 e. The van der Waals surface area contributed by atoms with Gasteiger partial charge in [-0.15, -0.1) is 0 Å². The number of rotatable bonds is 7. The molecule has 3 aromatic rings. The monoisotopic (exact) mass is 459 g/mol. The third-order valence-electron chi connectivity index (χ3n) is 5.09. The third-order valence-corrected chi connectivity index (χ3v) is 5.09. The third kappa shape index (κ3) is 5.47. The molecule has 1 aliphatic rings. The normalized spacial score (nSPS) is 14.3. The fourth-order valence-corrected chi connectivity index (χ4v) is 3.41. The Morgan fingerprint density at radius 1 is 1.06 bits per heavy atom. The highest BCUT2D eigenvalue weighted by molar-refractivity contribution is 6.16. The number of nitrogens with one attached hydrogen (secondary N) is 2. The molecular weight excluding hydrogens is 437 g/mol. The Bertz CT molecular complexity index is 1270. The fourth-order valence-electron chi connectivity index (χ4n) is 3.41. The number of hydrogen-bond acceptors (Lipinski definition) is 4. The van der Waals surface area contributed by atoms with Gasteiger partial charge < -0.3 is 15.4 Å². The second kappa shape index (κ2) is 9.99. The van der Waals surface area contributed by atoms with Crippen molar-refractivity contribution < 1.29 is 23.5 Å². The number of urea groups is 1. The molecule has 1 heterocycles. The van der Waals surface area contributed by atoms with Crippen molar-refractivity contribution in [3.63, 3.8) is 0 Å². The highest BCUT2D eigenvalue weighted by Crippen LogP contribution is 2.24. The van der Waals surface area contributed by atoms with Crippen LogP contribution in [0.4, 0.5) is 14.9 Å². The van der Waals surface area contributed by atoms with E-state index < -0.39 is 24.4 Å². The summed E-state index contributed by atoms with van der Waals surface area (Å²) in [5.74, 6) is -0.949. The number of benzene rings is 3. The lowest BCUT2D eigenvalue weighted by molar-refractivity contribution is -0.127. The fraction of sp³-hybridized carbons (Fsp3) is 0.115. The van der Waals surface area contributed by atoms with Crippen molar-refractivity contribution in [3.8, 4) is 5.75 Å². The van der Waals surface area contributed by atoms with Crippen molar-refractivity contribution >= 4 is 29.6 Å². The SMILES string of the molecule is Cc1cccc(NC(=O)CN2C(=O)N/C(=C/c3ccccc3OCc3ccc(F)cc3)C2=O)c1.